The van der Waals surface area contributed by atoms with Crippen LogP contribution in [0.4, 0.5) is 0 Å². The summed E-state index contributed by atoms with van der Waals surface area (Å²) in [5.74, 6) is 0.256. The molecule has 0 atom stereocenters. The second-order valence-electron chi connectivity index (χ2n) is 7.61. The molecule has 2 fully saturated rings. The van der Waals surface area contributed by atoms with Crippen molar-refractivity contribution in [2.24, 2.45) is 0 Å². The Morgan fingerprint density at radius 3 is 2.21 bits per heavy atom. The van der Waals surface area contributed by atoms with Gasteiger partial charge in [0.1, 0.15) is 0 Å². The summed E-state index contributed by atoms with van der Waals surface area (Å²) in [7, 11) is 0. The monoisotopic (exact) mass is 380 g/mol. The Morgan fingerprint density at radius 2 is 1.50 bits per heavy atom. The van der Waals surface area contributed by atoms with Crippen molar-refractivity contribution in [2.75, 3.05) is 45.8 Å². The van der Waals surface area contributed by atoms with E-state index in [0.717, 1.165) is 25.3 Å². The Morgan fingerprint density at radius 1 is 0.821 bits per heavy atom. The number of piperazine rings is 1. The van der Waals surface area contributed by atoms with E-state index in [1.165, 1.54) is 12.8 Å². The molecule has 2 aliphatic rings. The fraction of sp³-hybridized carbons (Fsp3) is 0.455. The molecule has 0 bridgehead atoms. The van der Waals surface area contributed by atoms with Gasteiger partial charge in [0.25, 0.3) is 5.91 Å². The maximum atomic E-state index is 12.9. The molecule has 2 aromatic rings. The van der Waals surface area contributed by atoms with E-state index < -0.39 is 0 Å². The summed E-state index contributed by atoms with van der Waals surface area (Å²) in [6.07, 6.45) is 7.03. The van der Waals surface area contributed by atoms with Crippen molar-refractivity contribution >= 4 is 11.8 Å². The zero-order chi connectivity index (χ0) is 19.3. The number of nitrogens with zero attached hydrogens (tertiary/aromatic N) is 4. The van der Waals surface area contributed by atoms with Crippen LogP contribution in [0.25, 0.3) is 5.69 Å². The van der Waals surface area contributed by atoms with Crippen molar-refractivity contribution in [3.05, 3.63) is 54.4 Å². The first-order chi connectivity index (χ1) is 13.7. The highest BCUT2D eigenvalue weighted by atomic mass is 16.2. The molecule has 3 heterocycles. The van der Waals surface area contributed by atoms with E-state index in [1.807, 2.05) is 63.2 Å². The molecule has 0 N–H and O–H groups in total. The molecule has 2 aliphatic heterocycles. The van der Waals surface area contributed by atoms with Gasteiger partial charge in [-0.2, -0.15) is 0 Å². The molecule has 0 radical (unpaired) electrons. The van der Waals surface area contributed by atoms with Crippen molar-refractivity contribution < 1.29 is 9.59 Å². The first-order valence-corrected chi connectivity index (χ1v) is 10.2. The molecule has 0 aliphatic carbocycles. The van der Waals surface area contributed by atoms with Crippen molar-refractivity contribution in [3.63, 3.8) is 0 Å². The largest absolute Gasteiger partial charge is 0.339 e. The van der Waals surface area contributed by atoms with Crippen molar-refractivity contribution in [2.45, 2.75) is 19.3 Å². The quantitative estimate of drug-likeness (QED) is 0.799. The Kier molecular flexibility index (Phi) is 5.76. The van der Waals surface area contributed by atoms with Gasteiger partial charge in [0, 0.05) is 62.8 Å². The molecule has 4 rings (SSSR count). The second-order valence-corrected chi connectivity index (χ2v) is 7.61. The van der Waals surface area contributed by atoms with Crippen LogP contribution in [0.3, 0.4) is 0 Å². The van der Waals surface area contributed by atoms with Crippen LogP contribution in [0.5, 0.6) is 0 Å². The van der Waals surface area contributed by atoms with Gasteiger partial charge in [-0.15, -0.1) is 0 Å². The number of amides is 2. The van der Waals surface area contributed by atoms with Gasteiger partial charge in [-0.05, 0) is 56.3 Å². The average Bonchev–Trinajstić information content (AvgIpc) is 3.46. The second kappa shape index (κ2) is 8.61. The van der Waals surface area contributed by atoms with Gasteiger partial charge in [-0.1, -0.05) is 6.07 Å². The molecule has 2 amide bonds. The number of carbonyl (C=O) groups excluding carboxylic acids is 2. The maximum absolute atomic E-state index is 12.9. The van der Waals surface area contributed by atoms with E-state index in [1.54, 1.807) is 0 Å². The van der Waals surface area contributed by atoms with Crippen LogP contribution >= 0.6 is 0 Å². The summed E-state index contributed by atoms with van der Waals surface area (Å²) in [6, 6.07) is 11.6. The van der Waals surface area contributed by atoms with E-state index in [4.69, 9.17) is 0 Å². The lowest BCUT2D eigenvalue weighted by Gasteiger charge is -2.35. The molecular weight excluding hydrogens is 352 g/mol. The number of hydrogen-bond donors (Lipinski definition) is 0. The van der Waals surface area contributed by atoms with Crippen molar-refractivity contribution in [3.8, 4) is 5.69 Å². The third kappa shape index (κ3) is 4.28. The Bertz CT molecular complexity index is 804. The SMILES string of the molecule is O=C(CCN1CCCC1)N1CCN(C(=O)c2cccc(-n3cccc3)c2)CC1. The smallest absolute Gasteiger partial charge is 0.254 e. The van der Waals surface area contributed by atoms with Crippen LogP contribution in [-0.4, -0.2) is 76.9 Å². The molecule has 6 heteroatoms. The molecule has 2 saturated heterocycles. The van der Waals surface area contributed by atoms with Crippen LogP contribution in [0, 0.1) is 0 Å². The third-order valence-corrected chi connectivity index (χ3v) is 5.76. The molecule has 6 nitrogen and oxygen atoms in total. The van der Waals surface area contributed by atoms with Crippen LogP contribution in [0.1, 0.15) is 29.6 Å². The number of hydrogen-bond acceptors (Lipinski definition) is 3. The minimum atomic E-state index is 0.0400. The van der Waals surface area contributed by atoms with Crippen LogP contribution < -0.4 is 0 Å². The lowest BCUT2D eigenvalue weighted by Crippen LogP contribution is -2.51. The minimum absolute atomic E-state index is 0.0400. The molecule has 0 unspecified atom stereocenters. The normalized spacial score (nSPS) is 17.9. The van der Waals surface area contributed by atoms with Gasteiger partial charge >= 0.3 is 0 Å². The van der Waals surface area contributed by atoms with Gasteiger partial charge in [-0.25, -0.2) is 0 Å². The summed E-state index contributed by atoms with van der Waals surface area (Å²) < 4.78 is 1.99. The number of aromatic nitrogens is 1. The molecule has 1 aromatic carbocycles. The van der Waals surface area contributed by atoms with Crippen LogP contribution in [0.15, 0.2) is 48.8 Å². The highest BCUT2D eigenvalue weighted by Gasteiger charge is 2.25. The minimum Gasteiger partial charge on any atom is -0.339 e. The first-order valence-electron chi connectivity index (χ1n) is 10.2. The van der Waals surface area contributed by atoms with E-state index >= 15 is 0 Å². The number of likely N-dealkylation sites (tertiary alicyclic amines) is 1. The van der Waals surface area contributed by atoms with E-state index in [2.05, 4.69) is 4.90 Å². The summed E-state index contributed by atoms with van der Waals surface area (Å²) in [4.78, 5) is 31.5. The molecule has 0 spiro atoms. The highest BCUT2D eigenvalue weighted by molar-refractivity contribution is 5.95. The standard InChI is InChI=1S/C22H28N4O2/c27-21(8-13-23-9-1-2-10-23)25-14-16-26(17-15-25)22(28)19-6-5-7-20(18-19)24-11-3-4-12-24/h3-7,11-12,18H,1-2,8-10,13-17H2. The zero-order valence-electron chi connectivity index (χ0n) is 16.3. The molecule has 148 valence electrons. The summed E-state index contributed by atoms with van der Waals surface area (Å²) in [6.45, 7) is 5.56. The number of carbonyl (C=O) groups is 2. The fourth-order valence-electron chi connectivity index (χ4n) is 4.07. The predicted molar refractivity (Wildman–Crippen MR) is 109 cm³/mol. The fourth-order valence-corrected chi connectivity index (χ4v) is 4.07. The lowest BCUT2D eigenvalue weighted by molar-refractivity contribution is -0.133. The Labute approximate surface area is 166 Å². The van der Waals surface area contributed by atoms with E-state index in [-0.39, 0.29) is 11.8 Å². The van der Waals surface area contributed by atoms with Crippen molar-refractivity contribution in [1.29, 1.82) is 0 Å². The molecular formula is C22H28N4O2. The Balaban J connectivity index is 1.30. The molecule has 1 aromatic heterocycles. The van der Waals surface area contributed by atoms with Gasteiger partial charge in [0.05, 0.1) is 0 Å². The third-order valence-electron chi connectivity index (χ3n) is 5.76. The summed E-state index contributed by atoms with van der Waals surface area (Å²) in [5, 5.41) is 0. The first kappa shape index (κ1) is 18.7. The number of benzene rings is 1. The van der Waals surface area contributed by atoms with E-state index in [9.17, 15) is 9.59 Å². The van der Waals surface area contributed by atoms with Gasteiger partial charge in [-0.3, -0.25) is 9.59 Å². The van der Waals surface area contributed by atoms with Crippen molar-refractivity contribution in [1.82, 2.24) is 19.3 Å². The van der Waals surface area contributed by atoms with E-state index in [0.29, 0.717) is 38.2 Å². The van der Waals surface area contributed by atoms with Crippen LogP contribution in [0.2, 0.25) is 0 Å². The number of rotatable bonds is 5. The lowest BCUT2D eigenvalue weighted by atomic mass is 10.1. The predicted octanol–water partition coefficient (Wildman–Crippen LogP) is 2.25. The maximum Gasteiger partial charge on any atom is 0.254 e. The van der Waals surface area contributed by atoms with Gasteiger partial charge in [0.15, 0.2) is 0 Å². The van der Waals surface area contributed by atoms with Gasteiger partial charge in [0.2, 0.25) is 5.91 Å². The van der Waals surface area contributed by atoms with Crippen LogP contribution in [-0.2, 0) is 4.79 Å². The highest BCUT2D eigenvalue weighted by Crippen LogP contribution is 2.15. The molecule has 28 heavy (non-hydrogen) atoms. The average molecular weight is 380 g/mol. The Hall–Kier alpha value is -2.60. The molecule has 0 saturated carbocycles. The summed E-state index contributed by atoms with van der Waals surface area (Å²) >= 11 is 0. The zero-order valence-corrected chi connectivity index (χ0v) is 16.3. The van der Waals surface area contributed by atoms with Gasteiger partial charge < -0.3 is 19.3 Å². The topological polar surface area (TPSA) is 48.8 Å². The summed E-state index contributed by atoms with van der Waals surface area (Å²) in [5.41, 5.74) is 1.67.